The quantitative estimate of drug-likeness (QED) is 0.395. The van der Waals surface area contributed by atoms with E-state index in [9.17, 15) is 22.8 Å². The Bertz CT molecular complexity index is 1580. The first-order chi connectivity index (χ1) is 18.2. The summed E-state index contributed by atoms with van der Waals surface area (Å²) in [5.74, 6) is -0.756. The van der Waals surface area contributed by atoms with E-state index in [0.29, 0.717) is 24.2 Å². The summed E-state index contributed by atoms with van der Waals surface area (Å²) >= 11 is 12.1. The summed E-state index contributed by atoms with van der Waals surface area (Å²) in [4.78, 5) is 41.4. The fourth-order valence-corrected chi connectivity index (χ4v) is 6.20. The van der Waals surface area contributed by atoms with E-state index in [2.05, 4.69) is 10.3 Å². The number of aromatic amines is 1. The molecule has 0 unspecified atom stereocenters. The summed E-state index contributed by atoms with van der Waals surface area (Å²) in [6.07, 6.45) is 1.88. The highest BCUT2D eigenvalue weighted by atomic mass is 35.5. The Morgan fingerprint density at radius 1 is 1.10 bits per heavy atom. The summed E-state index contributed by atoms with van der Waals surface area (Å²) < 4.78 is 33.8. The van der Waals surface area contributed by atoms with Gasteiger partial charge in [-0.15, -0.1) is 0 Å². The molecule has 0 spiro atoms. The molecule has 1 aliphatic heterocycles. The number of rotatable bonds is 6. The van der Waals surface area contributed by atoms with Gasteiger partial charge in [-0.2, -0.15) is 0 Å². The van der Waals surface area contributed by atoms with Crippen molar-refractivity contribution >= 4 is 62.3 Å². The van der Waals surface area contributed by atoms with Crippen molar-refractivity contribution in [2.24, 2.45) is 0 Å². The van der Waals surface area contributed by atoms with E-state index < -0.39 is 39.7 Å². The first kappa shape index (κ1) is 28.5. The molecule has 2 amide bonds. The fraction of sp³-hybridized carbons (Fsp3) is 0.269. The minimum atomic E-state index is -4.31. The summed E-state index contributed by atoms with van der Waals surface area (Å²) in [6.45, 7) is 4.73. The molecule has 0 radical (unpaired) electrons. The van der Waals surface area contributed by atoms with Crippen LogP contribution in [0.15, 0.2) is 64.4 Å². The minimum Gasteiger partial charge on any atom is -0.459 e. The molecule has 10 nitrogen and oxygen atoms in total. The Hall–Kier alpha value is -3.54. The van der Waals surface area contributed by atoms with Crippen LogP contribution in [-0.2, 0) is 26.0 Å². The number of ether oxygens (including phenoxy) is 1. The zero-order valence-corrected chi connectivity index (χ0v) is 23.7. The Balaban J connectivity index is 1.69. The van der Waals surface area contributed by atoms with Crippen LogP contribution >= 0.6 is 23.2 Å². The van der Waals surface area contributed by atoms with E-state index >= 15 is 0 Å². The molecule has 0 fully saturated rings. The van der Waals surface area contributed by atoms with Gasteiger partial charge in [0, 0.05) is 28.5 Å². The molecule has 1 aromatic heterocycles. The van der Waals surface area contributed by atoms with Crippen LogP contribution in [-0.4, -0.2) is 44.1 Å². The highest BCUT2D eigenvalue weighted by molar-refractivity contribution is 7.92. The van der Waals surface area contributed by atoms with Crippen LogP contribution in [0, 0.1) is 0 Å². The van der Waals surface area contributed by atoms with Crippen molar-refractivity contribution in [3.63, 3.8) is 0 Å². The van der Waals surface area contributed by atoms with E-state index in [1.54, 1.807) is 39.0 Å². The third-order valence-corrected chi connectivity index (χ3v) is 7.86. The van der Waals surface area contributed by atoms with Crippen LogP contribution in [0.2, 0.25) is 10.0 Å². The average Bonchev–Trinajstić information content (AvgIpc) is 3.25. The number of carbonyl (C=O) groups is 2. The maximum absolute atomic E-state index is 13.7. The number of anilines is 3. The van der Waals surface area contributed by atoms with Gasteiger partial charge in [0.05, 0.1) is 10.6 Å². The smallest absolute Gasteiger partial charge is 0.327 e. The number of pyridine rings is 1. The molecule has 3 aromatic rings. The number of aromatic nitrogens is 1. The average molecular weight is 593 g/mol. The lowest BCUT2D eigenvalue weighted by molar-refractivity contribution is -0.152. The number of benzene rings is 2. The van der Waals surface area contributed by atoms with E-state index in [-0.39, 0.29) is 26.3 Å². The molecule has 39 heavy (non-hydrogen) atoms. The number of halogens is 2. The van der Waals surface area contributed by atoms with Crippen LogP contribution in [0.1, 0.15) is 26.3 Å². The van der Waals surface area contributed by atoms with Crippen molar-refractivity contribution in [1.29, 1.82) is 0 Å². The highest BCUT2D eigenvalue weighted by Gasteiger charge is 2.32. The Morgan fingerprint density at radius 2 is 1.79 bits per heavy atom. The van der Waals surface area contributed by atoms with Crippen LogP contribution in [0.3, 0.4) is 0 Å². The SMILES string of the molecule is CC(C)(C)OC(=O)CN(c1ccc2c(c1)CCN2C(=O)Nc1ccc[nH]c1=O)S(=O)(=O)c1cc(Cl)cc(Cl)c1. The van der Waals surface area contributed by atoms with Gasteiger partial charge in [-0.1, -0.05) is 23.2 Å². The van der Waals surface area contributed by atoms with Crippen molar-refractivity contribution < 1.29 is 22.7 Å². The summed E-state index contributed by atoms with van der Waals surface area (Å²) in [7, 11) is -4.31. The molecule has 1 aliphatic rings. The highest BCUT2D eigenvalue weighted by Crippen LogP contribution is 2.35. The topological polar surface area (TPSA) is 129 Å². The summed E-state index contributed by atoms with van der Waals surface area (Å²) in [6, 6.07) is 11.1. The van der Waals surface area contributed by atoms with Gasteiger partial charge in [0.15, 0.2) is 0 Å². The maximum atomic E-state index is 13.7. The lowest BCUT2D eigenvalue weighted by Gasteiger charge is -2.27. The van der Waals surface area contributed by atoms with Crippen molar-refractivity contribution in [2.75, 3.05) is 27.6 Å². The number of sulfonamides is 1. The number of H-pyrrole nitrogens is 1. The third kappa shape index (κ3) is 6.55. The molecule has 13 heteroatoms. The molecule has 0 bridgehead atoms. The fourth-order valence-electron chi connectivity index (χ4n) is 4.07. The van der Waals surface area contributed by atoms with Crippen LogP contribution in [0.5, 0.6) is 0 Å². The molecule has 206 valence electrons. The normalized spacial score (nSPS) is 13.1. The number of nitrogens with one attached hydrogen (secondary N) is 2. The molecular weight excluding hydrogens is 567 g/mol. The predicted octanol–water partition coefficient (Wildman–Crippen LogP) is 4.81. The molecule has 2 N–H and O–H groups in total. The predicted molar refractivity (Wildman–Crippen MR) is 150 cm³/mol. The number of nitrogens with zero attached hydrogens (tertiary/aromatic N) is 2. The van der Waals surface area contributed by atoms with Gasteiger partial charge in [-0.3, -0.25) is 18.8 Å². The molecule has 2 heterocycles. The van der Waals surface area contributed by atoms with Gasteiger partial charge < -0.3 is 15.0 Å². The van der Waals surface area contributed by atoms with E-state index in [1.807, 2.05) is 0 Å². The van der Waals surface area contributed by atoms with Crippen molar-refractivity contribution in [3.8, 4) is 0 Å². The van der Waals surface area contributed by atoms with Gasteiger partial charge in [0.25, 0.3) is 15.6 Å². The number of esters is 1. The van der Waals surface area contributed by atoms with Gasteiger partial charge in [-0.05, 0) is 81.3 Å². The van der Waals surface area contributed by atoms with E-state index in [1.165, 1.54) is 41.4 Å². The summed E-state index contributed by atoms with van der Waals surface area (Å²) in [5, 5.41) is 2.82. The van der Waals surface area contributed by atoms with Crippen molar-refractivity contribution in [3.05, 3.63) is 80.7 Å². The number of hydrogen-bond acceptors (Lipinski definition) is 6. The van der Waals surface area contributed by atoms with Crippen LogP contribution in [0.4, 0.5) is 21.9 Å². The van der Waals surface area contributed by atoms with Gasteiger partial charge in [-0.25, -0.2) is 13.2 Å². The van der Waals surface area contributed by atoms with Crippen LogP contribution in [0.25, 0.3) is 0 Å². The van der Waals surface area contributed by atoms with Crippen molar-refractivity contribution in [1.82, 2.24) is 4.98 Å². The maximum Gasteiger partial charge on any atom is 0.327 e. The Morgan fingerprint density at radius 3 is 2.44 bits per heavy atom. The second-order valence-corrected chi connectivity index (χ2v) is 12.5. The minimum absolute atomic E-state index is 0.0994. The monoisotopic (exact) mass is 592 g/mol. The van der Waals surface area contributed by atoms with Gasteiger partial charge in [0.2, 0.25) is 0 Å². The zero-order valence-electron chi connectivity index (χ0n) is 21.3. The third-order valence-electron chi connectivity index (χ3n) is 5.67. The van der Waals surface area contributed by atoms with Gasteiger partial charge >= 0.3 is 12.0 Å². The Kier molecular flexibility index (Phi) is 7.97. The number of carbonyl (C=O) groups excluding carboxylic acids is 2. The molecule has 0 saturated carbocycles. The lowest BCUT2D eigenvalue weighted by Crippen LogP contribution is -2.39. The standard InChI is InChI=1S/C26H26Cl2N4O6S/c1-26(2,3)38-23(33)15-32(39(36,37)20-13-17(27)12-18(28)14-20)19-6-7-22-16(11-19)8-10-31(22)25(35)30-21-5-4-9-29-24(21)34/h4-7,9,11-14H,8,10,15H2,1-3H3,(H,29,34)(H,30,35). The number of urea groups is 1. The van der Waals surface area contributed by atoms with Crippen LogP contribution < -0.4 is 20.1 Å². The van der Waals surface area contributed by atoms with E-state index in [4.69, 9.17) is 27.9 Å². The molecule has 2 aromatic carbocycles. The summed E-state index contributed by atoms with van der Waals surface area (Å²) in [5.41, 5.74) is 0.241. The first-order valence-corrected chi connectivity index (χ1v) is 14.0. The number of hydrogen-bond donors (Lipinski definition) is 2. The number of fused-ring (bicyclic) bond motifs is 1. The molecule has 0 atom stereocenters. The van der Waals surface area contributed by atoms with Crippen molar-refractivity contribution in [2.45, 2.75) is 37.7 Å². The second-order valence-electron chi connectivity index (χ2n) is 9.76. The molecular formula is C26H26Cl2N4O6S. The second kappa shape index (κ2) is 10.9. The molecule has 4 rings (SSSR count). The molecule has 0 saturated heterocycles. The lowest BCUT2D eigenvalue weighted by atomic mass is 10.1. The zero-order chi connectivity index (χ0) is 28.5. The first-order valence-electron chi connectivity index (χ1n) is 11.8. The largest absolute Gasteiger partial charge is 0.459 e. The van der Waals surface area contributed by atoms with E-state index in [0.717, 1.165) is 4.31 Å². The van der Waals surface area contributed by atoms with Gasteiger partial charge in [0.1, 0.15) is 17.8 Å². The Labute approximate surface area is 235 Å². The number of amides is 2. The molecule has 0 aliphatic carbocycles.